The van der Waals surface area contributed by atoms with Gasteiger partial charge in [0.2, 0.25) is 5.91 Å². The van der Waals surface area contributed by atoms with E-state index in [-0.39, 0.29) is 62.6 Å². The first-order valence-corrected chi connectivity index (χ1v) is 20.2. The minimum atomic E-state index is -0.759. The van der Waals surface area contributed by atoms with Crippen LogP contribution in [0.25, 0.3) is 0 Å². The first kappa shape index (κ1) is 37.7. The molecule has 5 fully saturated rings. The van der Waals surface area contributed by atoms with E-state index in [1.54, 1.807) is 0 Å². The molecule has 6 aliphatic rings. The Kier molecular flexibility index (Phi) is 9.68. The molecule has 3 N–H and O–H groups in total. The highest BCUT2D eigenvalue weighted by atomic mass is 16.4. The SMILES string of the molecule is CNC(C)(C)CNC(=O)CC12CCC3C(CCC4C3(C)CCC3C(C)(C)C(CC(=O)C5CC(C(=O)O)C5C)CCC34C)C1=C(C(C)C)C(=O)C2. The lowest BCUT2D eigenvalue weighted by Gasteiger charge is -2.69. The molecule has 1 amide bonds. The fraction of sp³-hybridized carbons (Fsp3) is 0.860. The minimum Gasteiger partial charge on any atom is -0.481 e. The van der Waals surface area contributed by atoms with Gasteiger partial charge in [0.1, 0.15) is 5.78 Å². The van der Waals surface area contributed by atoms with E-state index >= 15 is 0 Å². The molecule has 7 nitrogen and oxygen atoms in total. The van der Waals surface area contributed by atoms with Crippen molar-refractivity contribution in [1.82, 2.24) is 10.6 Å². The molecule has 0 aliphatic heterocycles. The summed E-state index contributed by atoms with van der Waals surface area (Å²) in [5, 5.41) is 16.0. The van der Waals surface area contributed by atoms with Crippen LogP contribution in [0.5, 0.6) is 0 Å². The lowest BCUT2D eigenvalue weighted by molar-refractivity contribution is -0.193. The summed E-state index contributed by atoms with van der Waals surface area (Å²) < 4.78 is 0. The third-order valence-electron chi connectivity index (χ3n) is 16.8. The molecule has 6 aliphatic carbocycles. The van der Waals surface area contributed by atoms with E-state index in [1.807, 2.05) is 14.0 Å². The smallest absolute Gasteiger partial charge is 0.306 e. The lowest BCUT2D eigenvalue weighted by atomic mass is 9.35. The first-order valence-electron chi connectivity index (χ1n) is 20.2. The van der Waals surface area contributed by atoms with E-state index < -0.39 is 5.97 Å². The maximum Gasteiger partial charge on any atom is 0.306 e. The highest BCUT2D eigenvalue weighted by Crippen LogP contribution is 2.74. The van der Waals surface area contributed by atoms with Crippen LogP contribution < -0.4 is 10.6 Å². The van der Waals surface area contributed by atoms with Crippen LogP contribution in [0.4, 0.5) is 0 Å². The number of fused-ring (bicyclic) bond motifs is 7. The van der Waals surface area contributed by atoms with Gasteiger partial charge in [0.05, 0.1) is 5.92 Å². The molecule has 0 bridgehead atoms. The number of ketones is 2. The molecule has 5 saturated carbocycles. The van der Waals surface area contributed by atoms with Crippen LogP contribution >= 0.6 is 0 Å². The summed E-state index contributed by atoms with van der Waals surface area (Å²) in [5.41, 5.74) is 2.33. The summed E-state index contributed by atoms with van der Waals surface area (Å²) in [5.74, 6) is 1.93. The number of hydrogen-bond donors (Lipinski definition) is 3. The average molecular weight is 693 g/mol. The Labute approximate surface area is 302 Å². The van der Waals surface area contributed by atoms with Gasteiger partial charge in [-0.25, -0.2) is 0 Å². The summed E-state index contributed by atoms with van der Waals surface area (Å²) in [4.78, 5) is 52.6. The van der Waals surface area contributed by atoms with Crippen molar-refractivity contribution >= 4 is 23.4 Å². The van der Waals surface area contributed by atoms with Crippen molar-refractivity contribution in [3.8, 4) is 0 Å². The van der Waals surface area contributed by atoms with E-state index in [9.17, 15) is 24.3 Å². The fourth-order valence-corrected chi connectivity index (χ4v) is 13.8. The summed E-state index contributed by atoms with van der Waals surface area (Å²) in [6, 6.07) is 0. The van der Waals surface area contributed by atoms with E-state index in [4.69, 9.17) is 0 Å². The van der Waals surface area contributed by atoms with Gasteiger partial charge < -0.3 is 15.7 Å². The molecule has 280 valence electrons. The Balaban J connectivity index is 1.22. The Bertz CT molecular complexity index is 1440. The van der Waals surface area contributed by atoms with Gasteiger partial charge in [-0.15, -0.1) is 0 Å². The molecule has 50 heavy (non-hydrogen) atoms. The normalized spacial score (nSPS) is 42.2. The van der Waals surface area contributed by atoms with E-state index in [1.165, 1.54) is 24.8 Å². The fourth-order valence-electron chi connectivity index (χ4n) is 13.8. The number of nitrogens with one attached hydrogen (secondary N) is 2. The van der Waals surface area contributed by atoms with Crippen molar-refractivity contribution in [2.75, 3.05) is 13.6 Å². The number of carboxylic acid groups (broad SMARTS) is 1. The third-order valence-corrected chi connectivity index (χ3v) is 16.8. The first-order chi connectivity index (χ1) is 23.2. The molecule has 0 aromatic heterocycles. The summed E-state index contributed by atoms with van der Waals surface area (Å²) in [6.45, 7) is 21.1. The monoisotopic (exact) mass is 693 g/mol. The Hall–Kier alpha value is -2.02. The predicted molar refractivity (Wildman–Crippen MR) is 197 cm³/mol. The number of carbonyl (C=O) groups excluding carboxylic acids is 3. The molecule has 0 saturated heterocycles. The van der Waals surface area contributed by atoms with Gasteiger partial charge >= 0.3 is 5.97 Å². The standard InChI is InChI=1S/C43H68N2O5/c1-24(2)36-32(47)21-43(22-35(48)45-23-39(4,5)44-10)18-14-30-27(37(36)43)11-12-34-41(30,8)17-15-33-40(6,7)26(13-16-42(33,34)9)19-31(46)28-20-29(25(28)3)38(49)50/h24-30,33-34,44H,11-23H2,1-10H3,(H,45,48)(H,49,50). The zero-order valence-electron chi connectivity index (χ0n) is 33.0. The number of hydrogen-bond acceptors (Lipinski definition) is 5. The Morgan fingerprint density at radius 2 is 1.60 bits per heavy atom. The topological polar surface area (TPSA) is 113 Å². The van der Waals surface area contributed by atoms with Crippen LogP contribution in [0.2, 0.25) is 0 Å². The molecule has 0 aromatic carbocycles. The molecule has 0 spiro atoms. The van der Waals surface area contributed by atoms with Crippen LogP contribution in [-0.4, -0.2) is 47.7 Å². The Morgan fingerprint density at radius 1 is 0.920 bits per heavy atom. The maximum atomic E-state index is 13.9. The van der Waals surface area contributed by atoms with Crippen molar-refractivity contribution in [2.24, 2.45) is 74.9 Å². The molecule has 6 rings (SSSR count). The number of carbonyl (C=O) groups is 4. The van der Waals surface area contributed by atoms with Crippen LogP contribution in [0, 0.1) is 74.9 Å². The average Bonchev–Trinajstić information content (AvgIpc) is 3.32. The number of rotatable bonds is 10. The zero-order valence-corrected chi connectivity index (χ0v) is 33.0. The number of carboxylic acids is 1. The molecule has 11 unspecified atom stereocenters. The molecule has 7 heteroatoms. The van der Waals surface area contributed by atoms with E-state index in [0.717, 1.165) is 37.7 Å². The number of Topliss-reactive ketones (excluding diaryl/α,β-unsaturated/α-hetero) is 2. The van der Waals surface area contributed by atoms with Crippen molar-refractivity contribution in [1.29, 1.82) is 0 Å². The third kappa shape index (κ3) is 5.86. The predicted octanol–water partition coefficient (Wildman–Crippen LogP) is 8.01. The van der Waals surface area contributed by atoms with Gasteiger partial charge in [0.25, 0.3) is 0 Å². The zero-order chi connectivity index (χ0) is 36.8. The highest BCUT2D eigenvalue weighted by Gasteiger charge is 2.66. The number of allylic oxidation sites excluding steroid dienone is 2. The van der Waals surface area contributed by atoms with Crippen LogP contribution in [0.1, 0.15) is 139 Å². The van der Waals surface area contributed by atoms with Crippen molar-refractivity contribution in [2.45, 2.75) is 145 Å². The maximum absolute atomic E-state index is 13.9. The largest absolute Gasteiger partial charge is 0.481 e. The minimum absolute atomic E-state index is 0.0438. The van der Waals surface area contributed by atoms with Crippen molar-refractivity contribution in [3.63, 3.8) is 0 Å². The van der Waals surface area contributed by atoms with Crippen LogP contribution in [0.15, 0.2) is 11.1 Å². The second-order valence-electron chi connectivity index (χ2n) is 20.3. The van der Waals surface area contributed by atoms with E-state index in [2.05, 4.69) is 66.0 Å². The molecule has 0 aromatic rings. The van der Waals surface area contributed by atoms with Crippen LogP contribution in [0.3, 0.4) is 0 Å². The number of likely N-dealkylation sites (N-methyl/N-ethyl adjacent to an activating group) is 1. The second-order valence-corrected chi connectivity index (χ2v) is 20.3. The second kappa shape index (κ2) is 12.8. The van der Waals surface area contributed by atoms with Crippen LogP contribution in [-0.2, 0) is 19.2 Å². The number of amides is 1. The molecular weight excluding hydrogens is 624 g/mol. The van der Waals surface area contributed by atoms with Gasteiger partial charge in [-0.2, -0.15) is 0 Å². The quantitative estimate of drug-likeness (QED) is 0.214. The lowest BCUT2D eigenvalue weighted by Crippen LogP contribution is -2.62. The highest BCUT2D eigenvalue weighted by molar-refractivity contribution is 6.01. The van der Waals surface area contributed by atoms with Gasteiger partial charge in [0, 0.05) is 42.7 Å². The van der Waals surface area contributed by atoms with Gasteiger partial charge in [-0.1, -0.05) is 54.0 Å². The Morgan fingerprint density at radius 3 is 2.22 bits per heavy atom. The van der Waals surface area contributed by atoms with E-state index in [0.29, 0.717) is 67.6 Å². The van der Waals surface area contributed by atoms with Crippen molar-refractivity contribution in [3.05, 3.63) is 11.1 Å². The number of aliphatic carboxylic acids is 1. The van der Waals surface area contributed by atoms with Gasteiger partial charge in [-0.05, 0) is 142 Å². The summed E-state index contributed by atoms with van der Waals surface area (Å²) in [7, 11) is 1.92. The van der Waals surface area contributed by atoms with Crippen molar-refractivity contribution < 1.29 is 24.3 Å². The molecule has 0 heterocycles. The molecule has 11 atom stereocenters. The molecule has 0 radical (unpaired) electrons. The van der Waals surface area contributed by atoms with Gasteiger partial charge in [0.15, 0.2) is 5.78 Å². The van der Waals surface area contributed by atoms with Gasteiger partial charge in [-0.3, -0.25) is 19.2 Å². The summed E-state index contributed by atoms with van der Waals surface area (Å²) >= 11 is 0. The molecular formula is C43H68N2O5. The summed E-state index contributed by atoms with van der Waals surface area (Å²) in [6.07, 6.45) is 10.9.